The Morgan fingerprint density at radius 3 is 2.69 bits per heavy atom. The van der Waals surface area contributed by atoms with Gasteiger partial charge in [0.05, 0.1) is 21.6 Å². The van der Waals surface area contributed by atoms with Gasteiger partial charge in [-0.1, -0.05) is 18.2 Å². The molecule has 166 valence electrons. The van der Waals surface area contributed by atoms with E-state index >= 15 is 0 Å². The topological polar surface area (TPSA) is 36.0 Å². The molecule has 35 heavy (non-hydrogen) atoms. The zero-order valence-corrected chi connectivity index (χ0v) is 19.5. The second-order valence-corrected chi connectivity index (χ2v) is 9.48. The van der Waals surface area contributed by atoms with Gasteiger partial charge in [-0.3, -0.25) is 0 Å². The summed E-state index contributed by atoms with van der Waals surface area (Å²) in [6.45, 7) is 8.65. The van der Waals surface area contributed by atoms with Crippen molar-refractivity contribution in [3.63, 3.8) is 0 Å². The van der Waals surface area contributed by atoms with E-state index in [-0.39, 0.29) is 0 Å². The van der Waals surface area contributed by atoms with Crippen LogP contribution in [0.4, 0.5) is 0 Å². The maximum Gasteiger partial charge on any atom is 0.219 e. The van der Waals surface area contributed by atoms with E-state index in [0.717, 1.165) is 43.7 Å². The predicted octanol–water partition coefficient (Wildman–Crippen LogP) is 6.17. The van der Waals surface area contributed by atoms with Crippen LogP contribution in [0.5, 0.6) is 0 Å². The fraction of sp³-hybridized carbons (Fsp3) is 0.0645. The molecule has 0 fully saturated rings. The number of pyridine rings is 2. The Hall–Kier alpha value is -4.57. The molecule has 5 aromatic heterocycles. The third-order valence-corrected chi connectivity index (χ3v) is 7.47. The summed E-state index contributed by atoms with van der Waals surface area (Å²) < 4.78 is 11.0. The molecule has 0 atom stereocenters. The number of benzene rings is 3. The molecular formula is C31H21N3O. The predicted molar refractivity (Wildman–Crippen MR) is 139 cm³/mol. The first-order valence-corrected chi connectivity index (χ1v) is 11.8. The van der Waals surface area contributed by atoms with Gasteiger partial charge in [-0.05, 0) is 37.6 Å². The van der Waals surface area contributed by atoms with Gasteiger partial charge in [0.1, 0.15) is 12.3 Å². The van der Waals surface area contributed by atoms with Crippen molar-refractivity contribution in [3.05, 3.63) is 107 Å². The third-order valence-electron chi connectivity index (χ3n) is 7.47. The van der Waals surface area contributed by atoms with Crippen LogP contribution in [-0.4, -0.2) is 4.98 Å². The average Bonchev–Trinajstić information content (AvgIpc) is 3.49. The highest BCUT2D eigenvalue weighted by Crippen LogP contribution is 2.39. The fourth-order valence-electron chi connectivity index (χ4n) is 5.98. The molecule has 3 aromatic carbocycles. The molecule has 0 aliphatic carbocycles. The monoisotopic (exact) mass is 451 g/mol. The Kier molecular flexibility index (Phi) is 3.39. The molecule has 8 aromatic rings. The Bertz CT molecular complexity index is 2310. The van der Waals surface area contributed by atoms with Crippen LogP contribution in [-0.2, 0) is 0 Å². The molecular weight excluding hydrogens is 430 g/mol. The highest BCUT2D eigenvalue weighted by atomic mass is 16.3. The number of rotatable bonds is 0. The summed E-state index contributed by atoms with van der Waals surface area (Å²) in [6.07, 6.45) is 0. The average molecular weight is 452 g/mol. The minimum absolute atomic E-state index is 0.681. The van der Waals surface area contributed by atoms with Crippen LogP contribution in [0, 0.1) is 31.1 Å². The fourth-order valence-corrected chi connectivity index (χ4v) is 5.98. The Labute approximate surface area is 199 Å². The summed E-state index contributed by atoms with van der Waals surface area (Å²) >= 11 is 0. The van der Waals surface area contributed by atoms with Gasteiger partial charge in [-0.2, -0.15) is 22.4 Å². The van der Waals surface area contributed by atoms with E-state index in [1.54, 1.807) is 0 Å². The molecule has 0 saturated carbocycles. The van der Waals surface area contributed by atoms with Crippen LogP contribution in [0.25, 0.3) is 60.3 Å². The zero-order valence-electron chi connectivity index (χ0n) is 19.5. The second kappa shape index (κ2) is 6.30. The van der Waals surface area contributed by atoms with E-state index < -0.39 is 0 Å². The van der Waals surface area contributed by atoms with Gasteiger partial charge in [0, 0.05) is 28.6 Å². The second-order valence-electron chi connectivity index (χ2n) is 9.48. The Morgan fingerprint density at radius 1 is 0.914 bits per heavy atom. The molecule has 8 rings (SSSR count). The number of aromatic nitrogens is 3. The third kappa shape index (κ3) is 2.24. The van der Waals surface area contributed by atoms with Gasteiger partial charge in [0.2, 0.25) is 16.6 Å². The van der Waals surface area contributed by atoms with Crippen LogP contribution in [0.1, 0.15) is 11.3 Å². The van der Waals surface area contributed by atoms with Crippen LogP contribution < -0.4 is 8.64 Å². The number of hydrogen-bond donors (Lipinski definition) is 0. The largest absolute Gasteiger partial charge is 0.446 e. The molecule has 0 aliphatic rings. The van der Waals surface area contributed by atoms with Gasteiger partial charge in [-0.15, -0.1) is 22.9 Å². The SMILES string of the molecule is C=[n+]1c(=c2c(C)cc3c4cccc[c-]4[n+]4c3c2c2oc3nc(C)ccc3[c-]24)ccc2ccccc21. The van der Waals surface area contributed by atoms with Crippen molar-refractivity contribution in [1.29, 1.82) is 0 Å². The molecule has 5 heterocycles. The molecule has 0 N–H and O–H groups in total. The first kappa shape index (κ1) is 18.8. The van der Waals surface area contributed by atoms with E-state index in [9.17, 15) is 0 Å². The van der Waals surface area contributed by atoms with Gasteiger partial charge < -0.3 is 8.82 Å². The lowest BCUT2D eigenvalue weighted by Gasteiger charge is -2.04. The lowest BCUT2D eigenvalue weighted by molar-refractivity contribution is -0.479. The van der Waals surface area contributed by atoms with Gasteiger partial charge in [0.25, 0.3) is 0 Å². The highest BCUT2D eigenvalue weighted by Gasteiger charge is 2.23. The molecule has 4 nitrogen and oxygen atoms in total. The number of nitrogens with zero attached hydrogens (tertiary/aromatic N) is 3. The molecule has 0 amide bonds. The Morgan fingerprint density at radius 2 is 1.77 bits per heavy atom. The first-order valence-electron chi connectivity index (χ1n) is 11.8. The van der Waals surface area contributed by atoms with Crippen molar-refractivity contribution < 1.29 is 13.1 Å². The molecule has 0 saturated heterocycles. The van der Waals surface area contributed by atoms with Gasteiger partial charge in [-0.25, -0.2) is 4.98 Å². The Balaban J connectivity index is 1.79. The number of hydrogen-bond acceptors (Lipinski definition) is 2. The van der Waals surface area contributed by atoms with Crippen molar-refractivity contribution in [2.45, 2.75) is 13.8 Å². The highest BCUT2D eigenvalue weighted by molar-refractivity contribution is 6.20. The van der Waals surface area contributed by atoms with Crippen LogP contribution in [0.2, 0.25) is 0 Å². The van der Waals surface area contributed by atoms with Gasteiger partial charge in [0.15, 0.2) is 5.52 Å². The number of furan rings is 1. The maximum absolute atomic E-state index is 6.55. The van der Waals surface area contributed by atoms with Crippen molar-refractivity contribution in [2.24, 2.45) is 0 Å². The van der Waals surface area contributed by atoms with Crippen LogP contribution >= 0.6 is 0 Å². The van der Waals surface area contributed by atoms with Crippen molar-refractivity contribution in [3.8, 4) is 0 Å². The van der Waals surface area contributed by atoms with E-state index in [2.05, 4.69) is 101 Å². The molecule has 0 aliphatic heterocycles. The molecule has 0 unspecified atom stereocenters. The standard InChI is InChI=1S/C31H21N3O/c1-17-16-22-20-9-5-7-11-24(20)34-28(22)27(30-29(34)21-14-12-18(2)32-31(21)35-30)26(17)25-15-13-19-8-4-6-10-23(19)33(25)3/h4-16H,3H2,1-2H3. The number of para-hydroxylation sites is 2. The lowest BCUT2D eigenvalue weighted by Crippen LogP contribution is -2.18. The van der Waals surface area contributed by atoms with Crippen LogP contribution in [0.3, 0.4) is 0 Å². The molecule has 4 heteroatoms. The summed E-state index contributed by atoms with van der Waals surface area (Å²) in [4.78, 5) is 4.73. The summed E-state index contributed by atoms with van der Waals surface area (Å²) in [6, 6.07) is 27.9. The van der Waals surface area contributed by atoms with Gasteiger partial charge >= 0.3 is 0 Å². The quantitative estimate of drug-likeness (QED) is 0.204. The van der Waals surface area contributed by atoms with Crippen molar-refractivity contribution in [2.75, 3.05) is 0 Å². The summed E-state index contributed by atoms with van der Waals surface area (Å²) in [7, 11) is 0. The minimum Gasteiger partial charge on any atom is -0.446 e. The normalized spacial score (nSPS) is 13.4. The summed E-state index contributed by atoms with van der Waals surface area (Å²) in [5.74, 6) is 0. The minimum atomic E-state index is 0.681. The molecule has 0 spiro atoms. The smallest absolute Gasteiger partial charge is 0.219 e. The summed E-state index contributed by atoms with van der Waals surface area (Å²) in [5, 5.41) is 8.03. The lowest BCUT2D eigenvalue weighted by atomic mass is 10.0. The van der Waals surface area contributed by atoms with E-state index in [1.165, 1.54) is 32.8 Å². The van der Waals surface area contributed by atoms with Crippen molar-refractivity contribution >= 4 is 60.3 Å². The van der Waals surface area contributed by atoms with E-state index in [4.69, 9.17) is 9.40 Å². The van der Waals surface area contributed by atoms with Crippen LogP contribution in [0.15, 0.2) is 83.3 Å². The molecule has 0 radical (unpaired) electrons. The summed E-state index contributed by atoms with van der Waals surface area (Å²) in [5.41, 5.74) is 8.26. The van der Waals surface area contributed by atoms with E-state index in [1.807, 2.05) is 6.92 Å². The first-order chi connectivity index (χ1) is 17.1. The van der Waals surface area contributed by atoms with Crippen molar-refractivity contribution in [1.82, 2.24) is 4.98 Å². The number of fused-ring (bicyclic) bond motifs is 9. The zero-order chi connectivity index (χ0) is 23.4. The number of aryl methyl sites for hydroxylation is 2. The molecule has 0 bridgehead atoms. The maximum atomic E-state index is 6.55. The van der Waals surface area contributed by atoms with E-state index in [0.29, 0.717) is 5.71 Å².